The molecule has 0 aliphatic carbocycles. The summed E-state index contributed by atoms with van der Waals surface area (Å²) in [5, 5.41) is 9.77. The Balaban J connectivity index is 3.00. The van der Waals surface area contributed by atoms with Crippen LogP contribution in [0.3, 0.4) is 0 Å². The fourth-order valence-electron chi connectivity index (χ4n) is 1.38. The molecule has 1 N–H and O–H groups in total. The second-order valence-corrected chi connectivity index (χ2v) is 3.29. The lowest BCUT2D eigenvalue weighted by Crippen LogP contribution is -1.99. The molecule has 0 aliphatic rings. The van der Waals surface area contributed by atoms with Gasteiger partial charge in [0.15, 0.2) is 0 Å². The van der Waals surface area contributed by atoms with E-state index >= 15 is 0 Å². The molecule has 76 valence electrons. The molecule has 2 nitrogen and oxygen atoms in total. The van der Waals surface area contributed by atoms with E-state index in [1.807, 2.05) is 25.1 Å². The maximum absolute atomic E-state index is 9.77. The molecule has 1 rings (SSSR count). The average Bonchev–Trinajstić information content (AvgIpc) is 2.17. The van der Waals surface area contributed by atoms with Crippen molar-refractivity contribution in [1.29, 1.82) is 0 Å². The van der Waals surface area contributed by atoms with Crippen molar-refractivity contribution >= 4 is 0 Å². The van der Waals surface area contributed by atoms with Crippen molar-refractivity contribution in [2.75, 3.05) is 7.11 Å². The Morgan fingerprint density at radius 1 is 1.57 bits per heavy atom. The minimum Gasteiger partial charge on any atom is -0.496 e. The molecule has 0 bridgehead atoms. The van der Waals surface area contributed by atoms with E-state index in [9.17, 15) is 5.11 Å². The summed E-state index contributed by atoms with van der Waals surface area (Å²) in [5.41, 5.74) is 1.94. The minimum atomic E-state index is -0.525. The summed E-state index contributed by atoms with van der Waals surface area (Å²) in [6, 6.07) is 5.77. The fraction of sp³-hybridized carbons (Fsp3) is 0.333. The molecule has 0 amide bonds. The topological polar surface area (TPSA) is 29.5 Å². The Kier molecular flexibility index (Phi) is 3.72. The largest absolute Gasteiger partial charge is 0.496 e. The van der Waals surface area contributed by atoms with Gasteiger partial charge in [-0.15, -0.1) is 6.58 Å². The van der Waals surface area contributed by atoms with Crippen LogP contribution in [-0.4, -0.2) is 12.2 Å². The summed E-state index contributed by atoms with van der Waals surface area (Å²) in [4.78, 5) is 0. The Hall–Kier alpha value is -1.28. The zero-order chi connectivity index (χ0) is 10.6. The molecule has 1 aromatic rings. The quantitative estimate of drug-likeness (QED) is 0.743. The molecule has 2 heteroatoms. The molecule has 0 aromatic heterocycles. The number of aliphatic hydroxyl groups excluding tert-OH is 1. The van der Waals surface area contributed by atoms with Gasteiger partial charge in [-0.2, -0.15) is 0 Å². The highest BCUT2D eigenvalue weighted by Crippen LogP contribution is 2.28. The monoisotopic (exact) mass is 192 g/mol. The number of aryl methyl sites for hydroxylation is 1. The van der Waals surface area contributed by atoms with Crippen molar-refractivity contribution in [3.05, 3.63) is 42.0 Å². The van der Waals surface area contributed by atoms with E-state index in [-0.39, 0.29) is 0 Å². The molecule has 0 saturated carbocycles. The molecule has 1 atom stereocenters. The van der Waals surface area contributed by atoms with Crippen LogP contribution in [0.5, 0.6) is 5.75 Å². The van der Waals surface area contributed by atoms with Crippen molar-refractivity contribution in [2.24, 2.45) is 0 Å². The van der Waals surface area contributed by atoms with Gasteiger partial charge in [0, 0.05) is 5.56 Å². The number of rotatable bonds is 4. The highest BCUT2D eigenvalue weighted by Gasteiger charge is 2.11. The molecule has 0 aliphatic heterocycles. The van der Waals surface area contributed by atoms with E-state index in [1.54, 1.807) is 13.2 Å². The van der Waals surface area contributed by atoms with Crippen LogP contribution in [0.2, 0.25) is 0 Å². The van der Waals surface area contributed by atoms with Gasteiger partial charge in [0.25, 0.3) is 0 Å². The van der Waals surface area contributed by atoms with Crippen LogP contribution in [-0.2, 0) is 0 Å². The minimum absolute atomic E-state index is 0.525. The van der Waals surface area contributed by atoms with Gasteiger partial charge < -0.3 is 9.84 Å². The standard InChI is InChI=1S/C12H16O2/c1-4-5-11(13)10-7-6-9(2)8-12(10)14-3/h4,6-8,11,13H,1,5H2,2-3H3. The van der Waals surface area contributed by atoms with E-state index in [0.717, 1.165) is 16.9 Å². The van der Waals surface area contributed by atoms with Gasteiger partial charge in [-0.05, 0) is 25.0 Å². The third kappa shape index (κ3) is 2.36. The predicted molar refractivity (Wildman–Crippen MR) is 57.5 cm³/mol. The number of hydrogen-bond acceptors (Lipinski definition) is 2. The number of benzene rings is 1. The normalized spacial score (nSPS) is 12.2. The zero-order valence-electron chi connectivity index (χ0n) is 8.66. The lowest BCUT2D eigenvalue weighted by Gasteiger charge is -2.13. The summed E-state index contributed by atoms with van der Waals surface area (Å²) in [6.45, 7) is 5.59. The predicted octanol–water partition coefficient (Wildman–Crippen LogP) is 2.61. The first-order valence-corrected chi connectivity index (χ1v) is 4.62. The second kappa shape index (κ2) is 4.82. The molecular weight excluding hydrogens is 176 g/mol. The Labute approximate surface area is 84.8 Å². The van der Waals surface area contributed by atoms with Gasteiger partial charge in [-0.1, -0.05) is 18.2 Å². The highest BCUT2D eigenvalue weighted by atomic mass is 16.5. The zero-order valence-corrected chi connectivity index (χ0v) is 8.66. The van der Waals surface area contributed by atoms with Crippen molar-refractivity contribution in [3.63, 3.8) is 0 Å². The number of methoxy groups -OCH3 is 1. The van der Waals surface area contributed by atoms with Crippen LogP contribution in [0.1, 0.15) is 23.7 Å². The Morgan fingerprint density at radius 2 is 2.29 bits per heavy atom. The Bertz CT molecular complexity index is 318. The number of ether oxygens (including phenoxy) is 1. The third-order valence-electron chi connectivity index (χ3n) is 2.14. The molecule has 1 aromatic carbocycles. The molecule has 1 unspecified atom stereocenters. The number of hydrogen-bond donors (Lipinski definition) is 1. The second-order valence-electron chi connectivity index (χ2n) is 3.29. The van der Waals surface area contributed by atoms with Crippen LogP contribution in [0, 0.1) is 6.92 Å². The lowest BCUT2D eigenvalue weighted by molar-refractivity contribution is 0.177. The van der Waals surface area contributed by atoms with Gasteiger partial charge in [0.05, 0.1) is 13.2 Å². The Morgan fingerprint density at radius 3 is 2.86 bits per heavy atom. The van der Waals surface area contributed by atoms with Crippen LogP contribution in [0.4, 0.5) is 0 Å². The van der Waals surface area contributed by atoms with Gasteiger partial charge in [0.1, 0.15) is 5.75 Å². The van der Waals surface area contributed by atoms with E-state index in [0.29, 0.717) is 6.42 Å². The summed E-state index contributed by atoms with van der Waals surface area (Å²) in [6.07, 6.45) is 1.71. The lowest BCUT2D eigenvalue weighted by atomic mass is 10.0. The summed E-state index contributed by atoms with van der Waals surface area (Å²) in [5.74, 6) is 0.736. The van der Waals surface area contributed by atoms with Crippen LogP contribution < -0.4 is 4.74 Å². The first kappa shape index (κ1) is 10.8. The third-order valence-corrected chi connectivity index (χ3v) is 2.14. The SMILES string of the molecule is C=CCC(O)c1ccc(C)cc1OC. The van der Waals surface area contributed by atoms with E-state index < -0.39 is 6.10 Å². The van der Waals surface area contributed by atoms with Gasteiger partial charge in [-0.3, -0.25) is 0 Å². The first-order chi connectivity index (χ1) is 6.69. The highest BCUT2D eigenvalue weighted by molar-refractivity contribution is 5.38. The van der Waals surface area contributed by atoms with Gasteiger partial charge >= 0.3 is 0 Å². The molecular formula is C12H16O2. The average molecular weight is 192 g/mol. The maximum atomic E-state index is 9.77. The summed E-state index contributed by atoms with van der Waals surface area (Å²) < 4.78 is 5.20. The van der Waals surface area contributed by atoms with Gasteiger partial charge in [0.2, 0.25) is 0 Å². The van der Waals surface area contributed by atoms with Crippen molar-refractivity contribution in [2.45, 2.75) is 19.4 Å². The molecule has 14 heavy (non-hydrogen) atoms. The number of aliphatic hydroxyl groups is 1. The van der Waals surface area contributed by atoms with Crippen molar-refractivity contribution < 1.29 is 9.84 Å². The van der Waals surface area contributed by atoms with E-state index in [1.165, 1.54) is 0 Å². The molecule has 0 saturated heterocycles. The van der Waals surface area contributed by atoms with E-state index in [2.05, 4.69) is 6.58 Å². The van der Waals surface area contributed by atoms with Crippen molar-refractivity contribution in [1.82, 2.24) is 0 Å². The van der Waals surface area contributed by atoms with E-state index in [4.69, 9.17) is 4.74 Å². The molecule has 0 radical (unpaired) electrons. The maximum Gasteiger partial charge on any atom is 0.124 e. The molecule has 0 spiro atoms. The van der Waals surface area contributed by atoms with Crippen molar-refractivity contribution in [3.8, 4) is 5.75 Å². The van der Waals surface area contributed by atoms with Gasteiger partial charge in [-0.25, -0.2) is 0 Å². The fourth-order valence-corrected chi connectivity index (χ4v) is 1.38. The summed E-state index contributed by atoms with van der Waals surface area (Å²) in [7, 11) is 1.61. The smallest absolute Gasteiger partial charge is 0.124 e. The molecule has 0 heterocycles. The van der Waals surface area contributed by atoms with Crippen LogP contribution in [0.15, 0.2) is 30.9 Å². The first-order valence-electron chi connectivity index (χ1n) is 4.62. The molecule has 0 fully saturated rings. The van der Waals surface area contributed by atoms with Crippen LogP contribution >= 0.6 is 0 Å². The van der Waals surface area contributed by atoms with Crippen LogP contribution in [0.25, 0.3) is 0 Å². The summed E-state index contributed by atoms with van der Waals surface area (Å²) >= 11 is 0.